The van der Waals surface area contributed by atoms with Crippen molar-refractivity contribution >= 4 is 23.2 Å². The molecule has 1 heterocycles. The molecule has 0 radical (unpaired) electrons. The molecule has 0 atom stereocenters. The lowest BCUT2D eigenvalue weighted by Gasteiger charge is -2.24. The van der Waals surface area contributed by atoms with Gasteiger partial charge in [-0.2, -0.15) is 0 Å². The lowest BCUT2D eigenvalue weighted by Crippen LogP contribution is -2.28. The summed E-state index contributed by atoms with van der Waals surface area (Å²) in [7, 11) is 0. The number of hydrogen-bond donors (Lipinski definition) is 1. The zero-order chi connectivity index (χ0) is 9.97. The van der Waals surface area contributed by atoms with Crippen LogP contribution in [-0.4, -0.2) is 10.9 Å². The maximum atomic E-state index is 11.5. The Morgan fingerprint density at radius 2 is 2.36 bits per heavy atom. The molecule has 74 valence electrons. The van der Waals surface area contributed by atoms with Gasteiger partial charge in [0.2, 0.25) is 5.91 Å². The average molecular weight is 211 g/mol. The van der Waals surface area contributed by atoms with E-state index in [1.807, 2.05) is 0 Å². The molecule has 0 aromatic carbocycles. The Bertz CT molecular complexity index is 350. The van der Waals surface area contributed by atoms with Gasteiger partial charge in [0.1, 0.15) is 0 Å². The molecule has 0 bridgehead atoms. The Kier molecular flexibility index (Phi) is 2.68. The minimum atomic E-state index is 0.0613. The molecule has 0 saturated heterocycles. The standard InChI is InChI=1S/C10H11ClN2O/c11-9-8(5-2-6-12-9)13-10(14)7-3-1-4-7/h2,5-7H,1,3-4H2,(H,13,14). The van der Waals surface area contributed by atoms with Crippen molar-refractivity contribution in [2.24, 2.45) is 5.92 Å². The van der Waals surface area contributed by atoms with Crippen molar-refractivity contribution in [3.8, 4) is 0 Å². The number of rotatable bonds is 2. The fraction of sp³-hybridized carbons (Fsp3) is 0.400. The highest BCUT2D eigenvalue weighted by atomic mass is 35.5. The summed E-state index contributed by atoms with van der Waals surface area (Å²) in [5.74, 6) is 0.234. The Morgan fingerprint density at radius 3 is 2.93 bits per heavy atom. The number of carbonyl (C=O) groups excluding carboxylic acids is 1. The summed E-state index contributed by atoms with van der Waals surface area (Å²) in [6, 6.07) is 3.51. The number of anilines is 1. The monoisotopic (exact) mass is 210 g/mol. The van der Waals surface area contributed by atoms with E-state index in [2.05, 4.69) is 10.3 Å². The highest BCUT2D eigenvalue weighted by molar-refractivity contribution is 6.32. The smallest absolute Gasteiger partial charge is 0.227 e. The van der Waals surface area contributed by atoms with Crippen LogP contribution in [0.25, 0.3) is 0 Å². The van der Waals surface area contributed by atoms with Crippen LogP contribution in [0.4, 0.5) is 5.69 Å². The second-order valence-corrected chi connectivity index (χ2v) is 3.82. The highest BCUT2D eigenvalue weighted by Gasteiger charge is 2.25. The fourth-order valence-corrected chi connectivity index (χ4v) is 1.55. The van der Waals surface area contributed by atoms with Gasteiger partial charge >= 0.3 is 0 Å². The first-order valence-electron chi connectivity index (χ1n) is 4.69. The fourth-order valence-electron chi connectivity index (χ4n) is 1.38. The van der Waals surface area contributed by atoms with Crippen molar-refractivity contribution in [1.29, 1.82) is 0 Å². The summed E-state index contributed by atoms with van der Waals surface area (Å²) in [5.41, 5.74) is 0.603. The number of hydrogen-bond acceptors (Lipinski definition) is 2. The molecule has 0 unspecified atom stereocenters. The van der Waals surface area contributed by atoms with E-state index in [1.54, 1.807) is 18.3 Å². The van der Waals surface area contributed by atoms with E-state index in [0.717, 1.165) is 19.3 Å². The Balaban J connectivity index is 2.03. The van der Waals surface area contributed by atoms with Gasteiger partial charge in [0.05, 0.1) is 5.69 Å². The van der Waals surface area contributed by atoms with Crippen molar-refractivity contribution in [3.05, 3.63) is 23.5 Å². The van der Waals surface area contributed by atoms with Gasteiger partial charge in [0.25, 0.3) is 0 Å². The Morgan fingerprint density at radius 1 is 1.57 bits per heavy atom. The summed E-state index contributed by atoms with van der Waals surface area (Å²) >= 11 is 5.81. The maximum absolute atomic E-state index is 11.5. The number of nitrogens with one attached hydrogen (secondary N) is 1. The molecule has 1 amide bonds. The Hall–Kier alpha value is -1.09. The quantitative estimate of drug-likeness (QED) is 0.762. The molecule has 1 saturated carbocycles. The number of pyridine rings is 1. The summed E-state index contributed by atoms with van der Waals surface area (Å²) in [6.07, 6.45) is 4.73. The van der Waals surface area contributed by atoms with E-state index < -0.39 is 0 Å². The molecule has 0 spiro atoms. The first kappa shape index (κ1) is 9.46. The van der Waals surface area contributed by atoms with E-state index in [0.29, 0.717) is 10.8 Å². The van der Waals surface area contributed by atoms with Gasteiger partial charge in [-0.05, 0) is 25.0 Å². The second-order valence-electron chi connectivity index (χ2n) is 3.46. The van der Waals surface area contributed by atoms with Gasteiger partial charge in [0.15, 0.2) is 5.15 Å². The van der Waals surface area contributed by atoms with Gasteiger partial charge in [0, 0.05) is 12.1 Å². The molecular weight excluding hydrogens is 200 g/mol. The van der Waals surface area contributed by atoms with E-state index in [4.69, 9.17) is 11.6 Å². The third kappa shape index (κ3) is 1.87. The SMILES string of the molecule is O=C(Nc1cccnc1Cl)C1CCC1. The normalized spacial score (nSPS) is 16.1. The Labute approximate surface area is 87.5 Å². The maximum Gasteiger partial charge on any atom is 0.227 e. The average Bonchev–Trinajstić information content (AvgIpc) is 2.05. The van der Waals surface area contributed by atoms with Gasteiger partial charge < -0.3 is 5.32 Å². The van der Waals surface area contributed by atoms with Crippen LogP contribution in [0, 0.1) is 5.92 Å². The van der Waals surface area contributed by atoms with Gasteiger partial charge in [-0.3, -0.25) is 4.79 Å². The molecule has 14 heavy (non-hydrogen) atoms. The van der Waals surface area contributed by atoms with Crippen molar-refractivity contribution in [2.75, 3.05) is 5.32 Å². The van der Waals surface area contributed by atoms with E-state index in [-0.39, 0.29) is 11.8 Å². The predicted molar refractivity (Wildman–Crippen MR) is 55.2 cm³/mol. The van der Waals surface area contributed by atoms with Crippen molar-refractivity contribution < 1.29 is 4.79 Å². The molecule has 1 aliphatic rings. The molecule has 3 nitrogen and oxygen atoms in total. The molecule has 4 heteroatoms. The van der Waals surface area contributed by atoms with Gasteiger partial charge in [-0.15, -0.1) is 0 Å². The van der Waals surface area contributed by atoms with Crippen LogP contribution in [0.3, 0.4) is 0 Å². The highest BCUT2D eigenvalue weighted by Crippen LogP contribution is 2.28. The minimum absolute atomic E-state index is 0.0613. The van der Waals surface area contributed by atoms with Crippen molar-refractivity contribution in [3.63, 3.8) is 0 Å². The molecular formula is C10H11ClN2O. The number of amides is 1. The first-order valence-corrected chi connectivity index (χ1v) is 5.06. The molecule has 1 N–H and O–H groups in total. The zero-order valence-corrected chi connectivity index (χ0v) is 8.42. The van der Waals surface area contributed by atoms with E-state index >= 15 is 0 Å². The van der Waals surface area contributed by atoms with E-state index in [9.17, 15) is 4.79 Å². The molecule has 1 aromatic rings. The largest absolute Gasteiger partial charge is 0.323 e. The summed E-state index contributed by atoms with van der Waals surface area (Å²) in [4.78, 5) is 15.4. The van der Waals surface area contributed by atoms with Gasteiger partial charge in [-0.25, -0.2) is 4.98 Å². The van der Waals surface area contributed by atoms with Crippen LogP contribution in [0.5, 0.6) is 0 Å². The predicted octanol–water partition coefficient (Wildman–Crippen LogP) is 2.47. The number of halogens is 1. The van der Waals surface area contributed by atoms with Crippen LogP contribution in [0.1, 0.15) is 19.3 Å². The topological polar surface area (TPSA) is 42.0 Å². The number of aromatic nitrogens is 1. The van der Waals surface area contributed by atoms with Crippen LogP contribution in [0.15, 0.2) is 18.3 Å². The minimum Gasteiger partial charge on any atom is -0.323 e. The molecule has 1 fully saturated rings. The lowest BCUT2D eigenvalue weighted by atomic mass is 9.85. The molecule has 0 aliphatic heterocycles. The number of nitrogens with zero attached hydrogens (tertiary/aromatic N) is 1. The van der Waals surface area contributed by atoms with Gasteiger partial charge in [-0.1, -0.05) is 18.0 Å². The van der Waals surface area contributed by atoms with Crippen molar-refractivity contribution in [2.45, 2.75) is 19.3 Å². The molecule has 2 rings (SSSR count). The third-order valence-electron chi connectivity index (χ3n) is 2.49. The summed E-state index contributed by atoms with van der Waals surface area (Å²) in [6.45, 7) is 0. The first-order chi connectivity index (χ1) is 6.77. The molecule has 1 aromatic heterocycles. The van der Waals surface area contributed by atoms with Crippen LogP contribution >= 0.6 is 11.6 Å². The van der Waals surface area contributed by atoms with E-state index in [1.165, 1.54) is 0 Å². The van der Waals surface area contributed by atoms with Crippen molar-refractivity contribution in [1.82, 2.24) is 4.98 Å². The second kappa shape index (κ2) is 3.96. The molecule has 1 aliphatic carbocycles. The number of carbonyl (C=O) groups is 1. The summed E-state index contributed by atoms with van der Waals surface area (Å²) < 4.78 is 0. The van der Waals surface area contributed by atoms with Crippen LogP contribution in [-0.2, 0) is 4.79 Å². The van der Waals surface area contributed by atoms with Crippen LogP contribution < -0.4 is 5.32 Å². The zero-order valence-electron chi connectivity index (χ0n) is 7.66. The lowest BCUT2D eigenvalue weighted by molar-refractivity contribution is -0.122. The third-order valence-corrected chi connectivity index (χ3v) is 2.79. The summed E-state index contributed by atoms with van der Waals surface area (Å²) in [5, 5.41) is 3.13. The van der Waals surface area contributed by atoms with Crippen LogP contribution in [0.2, 0.25) is 5.15 Å².